The number of rotatable bonds is 3. The van der Waals surface area contributed by atoms with Crippen molar-refractivity contribution in [3.8, 4) is 0 Å². The number of benzene rings is 1. The van der Waals surface area contributed by atoms with Crippen LogP contribution < -0.4 is 5.32 Å². The molecule has 0 aliphatic carbocycles. The highest BCUT2D eigenvalue weighted by atomic mass is 35.5. The maximum atomic E-state index is 11.8. The van der Waals surface area contributed by atoms with Crippen molar-refractivity contribution >= 4 is 27.3 Å². The summed E-state index contributed by atoms with van der Waals surface area (Å²) in [6.45, 7) is 0. The molecule has 0 saturated heterocycles. The zero-order valence-corrected chi connectivity index (χ0v) is 10.4. The number of nitrogens with zero attached hydrogens (tertiary/aromatic N) is 1. The Labute approximate surface area is 94.9 Å². The second-order valence-electron chi connectivity index (χ2n) is 3.18. The summed E-state index contributed by atoms with van der Waals surface area (Å²) in [6, 6.07) is 4.56. The van der Waals surface area contributed by atoms with Gasteiger partial charge in [-0.3, -0.25) is 0 Å². The van der Waals surface area contributed by atoms with Crippen LogP contribution in [0.25, 0.3) is 0 Å². The Bertz CT molecular complexity index is 457. The van der Waals surface area contributed by atoms with Crippen molar-refractivity contribution in [3.05, 3.63) is 23.2 Å². The number of anilines is 1. The molecule has 1 aromatic rings. The van der Waals surface area contributed by atoms with Gasteiger partial charge in [0, 0.05) is 21.1 Å². The lowest BCUT2D eigenvalue weighted by Gasteiger charge is -2.12. The average Bonchev–Trinajstić information content (AvgIpc) is 2.18. The van der Waals surface area contributed by atoms with E-state index in [1.165, 1.54) is 26.2 Å². The summed E-state index contributed by atoms with van der Waals surface area (Å²) < 4.78 is 24.7. The second kappa shape index (κ2) is 4.38. The summed E-state index contributed by atoms with van der Waals surface area (Å²) in [5, 5.41) is 3.33. The van der Waals surface area contributed by atoms with Crippen molar-refractivity contribution in [2.45, 2.75) is 4.90 Å². The third-order valence-corrected chi connectivity index (χ3v) is 4.13. The van der Waals surface area contributed by atoms with Gasteiger partial charge >= 0.3 is 0 Å². The molecule has 0 unspecified atom stereocenters. The number of halogens is 1. The van der Waals surface area contributed by atoms with Crippen molar-refractivity contribution < 1.29 is 8.42 Å². The molecule has 15 heavy (non-hydrogen) atoms. The normalized spacial score (nSPS) is 11.8. The van der Waals surface area contributed by atoms with Gasteiger partial charge < -0.3 is 5.32 Å². The number of hydrogen-bond donors (Lipinski definition) is 1. The third kappa shape index (κ3) is 2.42. The van der Waals surface area contributed by atoms with Gasteiger partial charge in [0.1, 0.15) is 0 Å². The first-order valence-electron chi connectivity index (χ1n) is 4.29. The third-order valence-electron chi connectivity index (χ3n) is 1.99. The Kier molecular flexibility index (Phi) is 3.59. The zero-order valence-electron chi connectivity index (χ0n) is 8.78. The van der Waals surface area contributed by atoms with Crippen molar-refractivity contribution in [3.63, 3.8) is 0 Å². The van der Waals surface area contributed by atoms with E-state index in [9.17, 15) is 8.42 Å². The van der Waals surface area contributed by atoms with Gasteiger partial charge in [-0.05, 0) is 18.2 Å². The molecule has 0 amide bonds. The van der Waals surface area contributed by atoms with Gasteiger partial charge in [0.05, 0.1) is 15.6 Å². The van der Waals surface area contributed by atoms with E-state index in [-0.39, 0.29) is 4.90 Å². The molecule has 0 aliphatic rings. The van der Waals surface area contributed by atoms with Gasteiger partial charge in [0.15, 0.2) is 0 Å². The fourth-order valence-electron chi connectivity index (χ4n) is 1.07. The highest BCUT2D eigenvalue weighted by Gasteiger charge is 2.17. The molecule has 0 spiro atoms. The Morgan fingerprint density at radius 2 is 1.93 bits per heavy atom. The maximum absolute atomic E-state index is 11.8. The van der Waals surface area contributed by atoms with Crippen LogP contribution in [-0.4, -0.2) is 33.9 Å². The van der Waals surface area contributed by atoms with Crippen molar-refractivity contribution in [1.82, 2.24) is 4.31 Å². The van der Waals surface area contributed by atoms with Crippen LogP contribution >= 0.6 is 11.6 Å². The molecule has 1 aromatic carbocycles. The highest BCUT2D eigenvalue weighted by Crippen LogP contribution is 2.25. The molecule has 0 heterocycles. The van der Waals surface area contributed by atoms with Gasteiger partial charge in [-0.25, -0.2) is 12.7 Å². The van der Waals surface area contributed by atoms with E-state index < -0.39 is 10.0 Å². The Morgan fingerprint density at radius 3 is 2.40 bits per heavy atom. The van der Waals surface area contributed by atoms with E-state index in [4.69, 9.17) is 11.6 Å². The van der Waals surface area contributed by atoms with Crippen molar-refractivity contribution in [1.29, 1.82) is 0 Å². The summed E-state index contributed by atoms with van der Waals surface area (Å²) in [5.74, 6) is 0. The fraction of sp³-hybridized carbons (Fsp3) is 0.333. The van der Waals surface area contributed by atoms with Crippen LogP contribution in [0, 0.1) is 0 Å². The van der Waals surface area contributed by atoms with E-state index in [1.54, 1.807) is 13.1 Å². The first kappa shape index (κ1) is 12.3. The molecule has 1 rings (SSSR count). The van der Waals surface area contributed by atoms with Crippen LogP contribution in [0.2, 0.25) is 5.02 Å². The molecule has 0 fully saturated rings. The van der Waals surface area contributed by atoms with E-state index in [1.807, 2.05) is 0 Å². The molecule has 4 nitrogen and oxygen atoms in total. The molecule has 0 saturated carbocycles. The molecule has 0 atom stereocenters. The summed E-state index contributed by atoms with van der Waals surface area (Å²) in [5.41, 5.74) is 0.597. The molecular weight excluding hydrogens is 236 g/mol. The van der Waals surface area contributed by atoms with Gasteiger partial charge in [-0.1, -0.05) is 11.6 Å². The first-order valence-corrected chi connectivity index (χ1v) is 6.11. The predicted octanol–water partition coefficient (Wildman–Crippen LogP) is 1.63. The lowest BCUT2D eigenvalue weighted by molar-refractivity contribution is 0.521. The standard InChI is InChI=1S/C9H13ClN2O2S/c1-11-9-6-7(4-5-8(9)10)15(13,14)12(2)3/h4-6,11H,1-3H3. The molecular formula is C9H13ClN2O2S. The lowest BCUT2D eigenvalue weighted by Crippen LogP contribution is -2.22. The SMILES string of the molecule is CNc1cc(S(=O)(=O)N(C)C)ccc1Cl. The van der Waals surface area contributed by atoms with Gasteiger partial charge in [-0.2, -0.15) is 0 Å². The minimum Gasteiger partial charge on any atom is -0.387 e. The number of nitrogens with one attached hydrogen (secondary N) is 1. The summed E-state index contributed by atoms with van der Waals surface area (Å²) in [7, 11) is 1.27. The lowest BCUT2D eigenvalue weighted by atomic mass is 10.3. The minimum atomic E-state index is -3.39. The van der Waals surface area contributed by atoms with Crippen LogP contribution in [0.3, 0.4) is 0 Å². The number of hydrogen-bond acceptors (Lipinski definition) is 3. The van der Waals surface area contributed by atoms with Gasteiger partial charge in [0.2, 0.25) is 10.0 Å². The number of sulfonamides is 1. The minimum absolute atomic E-state index is 0.223. The molecule has 1 N–H and O–H groups in total. The second-order valence-corrected chi connectivity index (χ2v) is 5.74. The Hall–Kier alpha value is -0.780. The highest BCUT2D eigenvalue weighted by molar-refractivity contribution is 7.89. The maximum Gasteiger partial charge on any atom is 0.242 e. The van der Waals surface area contributed by atoms with Crippen LogP contribution in [0.4, 0.5) is 5.69 Å². The van der Waals surface area contributed by atoms with E-state index in [0.29, 0.717) is 10.7 Å². The smallest absolute Gasteiger partial charge is 0.242 e. The predicted molar refractivity (Wildman–Crippen MR) is 61.9 cm³/mol. The topological polar surface area (TPSA) is 49.4 Å². The van der Waals surface area contributed by atoms with Gasteiger partial charge in [-0.15, -0.1) is 0 Å². The quantitative estimate of drug-likeness (QED) is 0.885. The molecule has 0 radical (unpaired) electrons. The fourth-order valence-corrected chi connectivity index (χ4v) is 2.21. The molecule has 0 aliphatic heterocycles. The van der Waals surface area contributed by atoms with E-state index in [0.717, 1.165) is 4.31 Å². The molecule has 0 aromatic heterocycles. The molecule has 0 bridgehead atoms. The van der Waals surface area contributed by atoms with E-state index >= 15 is 0 Å². The summed E-state index contributed by atoms with van der Waals surface area (Å²) in [4.78, 5) is 0.223. The average molecular weight is 249 g/mol. The monoisotopic (exact) mass is 248 g/mol. The van der Waals surface area contributed by atoms with E-state index in [2.05, 4.69) is 5.32 Å². The summed E-state index contributed by atoms with van der Waals surface area (Å²) in [6.07, 6.45) is 0. The van der Waals surface area contributed by atoms with Crippen LogP contribution in [0.5, 0.6) is 0 Å². The van der Waals surface area contributed by atoms with Crippen molar-refractivity contribution in [2.24, 2.45) is 0 Å². The van der Waals surface area contributed by atoms with Crippen LogP contribution in [-0.2, 0) is 10.0 Å². The van der Waals surface area contributed by atoms with Crippen LogP contribution in [0.1, 0.15) is 0 Å². The molecule has 6 heteroatoms. The van der Waals surface area contributed by atoms with Crippen LogP contribution in [0.15, 0.2) is 23.1 Å². The Morgan fingerprint density at radius 1 is 1.33 bits per heavy atom. The van der Waals surface area contributed by atoms with Gasteiger partial charge in [0.25, 0.3) is 0 Å². The Balaban J connectivity index is 3.29. The first-order chi connectivity index (χ1) is 6.89. The van der Waals surface area contributed by atoms with Crippen molar-refractivity contribution in [2.75, 3.05) is 26.5 Å². The summed E-state index contributed by atoms with van der Waals surface area (Å²) >= 11 is 5.86. The molecule has 84 valence electrons. The largest absolute Gasteiger partial charge is 0.387 e. The zero-order chi connectivity index (χ0) is 11.6.